The van der Waals surface area contributed by atoms with Crippen LogP contribution in [0.25, 0.3) is 0 Å². The van der Waals surface area contributed by atoms with Crippen LogP contribution in [0, 0.1) is 12.8 Å². The summed E-state index contributed by atoms with van der Waals surface area (Å²) in [7, 11) is 0. The molecule has 4 rings (SSSR count). The van der Waals surface area contributed by atoms with Gasteiger partial charge in [-0.25, -0.2) is 4.98 Å². The maximum Gasteiger partial charge on any atom is 0.255 e. The third-order valence-electron chi connectivity index (χ3n) is 5.91. The molecule has 2 aromatic carbocycles. The Morgan fingerprint density at radius 3 is 2.39 bits per heavy atom. The van der Waals surface area contributed by atoms with E-state index in [2.05, 4.69) is 15.6 Å². The van der Waals surface area contributed by atoms with Crippen molar-refractivity contribution >= 4 is 34.0 Å². The van der Waals surface area contributed by atoms with Gasteiger partial charge in [0, 0.05) is 22.8 Å². The first kappa shape index (κ1) is 21.2. The summed E-state index contributed by atoms with van der Waals surface area (Å²) in [6.45, 7) is 1.99. The second kappa shape index (κ2) is 9.88. The van der Waals surface area contributed by atoms with Gasteiger partial charge in [-0.05, 0) is 49.1 Å². The van der Waals surface area contributed by atoms with E-state index in [0.717, 1.165) is 17.5 Å². The Morgan fingerprint density at radius 1 is 1.03 bits per heavy atom. The number of nitrogens with one attached hydrogen (secondary N) is 2. The number of thiazole rings is 1. The smallest absolute Gasteiger partial charge is 0.255 e. The van der Waals surface area contributed by atoms with Gasteiger partial charge in [0.05, 0.1) is 5.92 Å². The molecule has 1 fully saturated rings. The van der Waals surface area contributed by atoms with E-state index in [4.69, 9.17) is 0 Å². The highest BCUT2D eigenvalue weighted by molar-refractivity contribution is 7.13. The van der Waals surface area contributed by atoms with Gasteiger partial charge >= 0.3 is 0 Å². The monoisotopic (exact) mass is 433 g/mol. The fourth-order valence-corrected chi connectivity index (χ4v) is 4.69. The molecule has 1 saturated carbocycles. The van der Waals surface area contributed by atoms with Crippen LogP contribution in [0.3, 0.4) is 0 Å². The first-order valence-corrected chi connectivity index (χ1v) is 11.6. The van der Waals surface area contributed by atoms with Crippen molar-refractivity contribution < 1.29 is 9.59 Å². The molecule has 1 unspecified atom stereocenters. The highest BCUT2D eigenvalue weighted by Gasteiger charge is 2.27. The minimum absolute atomic E-state index is 0.0155. The van der Waals surface area contributed by atoms with E-state index in [1.165, 1.54) is 37.0 Å². The van der Waals surface area contributed by atoms with E-state index in [1.807, 2.05) is 60.8 Å². The average Bonchev–Trinajstić information content (AvgIpc) is 3.47. The van der Waals surface area contributed by atoms with Crippen molar-refractivity contribution in [3.63, 3.8) is 0 Å². The van der Waals surface area contributed by atoms with Gasteiger partial charge in [0.15, 0.2) is 5.13 Å². The van der Waals surface area contributed by atoms with Crippen molar-refractivity contribution in [3.8, 4) is 0 Å². The van der Waals surface area contributed by atoms with E-state index >= 15 is 0 Å². The molecule has 2 N–H and O–H groups in total. The number of carbonyl (C=O) groups is 2. The first-order valence-electron chi connectivity index (χ1n) is 10.8. The Kier molecular flexibility index (Phi) is 6.77. The van der Waals surface area contributed by atoms with E-state index in [0.29, 0.717) is 22.3 Å². The van der Waals surface area contributed by atoms with Gasteiger partial charge < -0.3 is 10.6 Å². The van der Waals surface area contributed by atoms with Crippen molar-refractivity contribution in [1.29, 1.82) is 0 Å². The molecule has 0 saturated heterocycles. The molecule has 0 spiro atoms. The highest BCUT2D eigenvalue weighted by atomic mass is 32.1. The molecule has 1 atom stereocenters. The van der Waals surface area contributed by atoms with Crippen LogP contribution in [0.2, 0.25) is 0 Å². The Labute approximate surface area is 186 Å². The van der Waals surface area contributed by atoms with Crippen LogP contribution in [-0.2, 0) is 4.79 Å². The lowest BCUT2D eigenvalue weighted by Crippen LogP contribution is -2.23. The number of aromatic nitrogens is 1. The number of benzene rings is 2. The molecule has 0 aliphatic heterocycles. The number of anilines is 2. The van der Waals surface area contributed by atoms with E-state index < -0.39 is 0 Å². The van der Waals surface area contributed by atoms with Crippen molar-refractivity contribution in [1.82, 2.24) is 4.98 Å². The Hall–Kier alpha value is -2.99. The molecule has 0 bridgehead atoms. The average molecular weight is 434 g/mol. The number of carbonyl (C=O) groups excluding carboxylic acids is 2. The molecular weight excluding hydrogens is 406 g/mol. The Balaban J connectivity index is 1.47. The lowest BCUT2D eigenvalue weighted by atomic mass is 9.87. The van der Waals surface area contributed by atoms with Crippen LogP contribution in [0.4, 0.5) is 10.8 Å². The summed E-state index contributed by atoms with van der Waals surface area (Å²) in [5, 5.41) is 8.38. The number of nitrogens with zero attached hydrogens (tertiary/aromatic N) is 1. The number of rotatable bonds is 7. The van der Waals surface area contributed by atoms with Crippen LogP contribution < -0.4 is 10.6 Å². The first-order chi connectivity index (χ1) is 15.1. The molecule has 1 aliphatic carbocycles. The van der Waals surface area contributed by atoms with Gasteiger partial charge in [0.1, 0.15) is 0 Å². The largest absolute Gasteiger partial charge is 0.322 e. The topological polar surface area (TPSA) is 71.1 Å². The van der Waals surface area contributed by atoms with E-state index in [1.54, 1.807) is 6.20 Å². The number of amides is 2. The Bertz CT molecular complexity index is 1010. The maximum atomic E-state index is 13.1. The predicted octanol–water partition coefficient (Wildman–Crippen LogP) is 6.01. The third kappa shape index (κ3) is 5.58. The summed E-state index contributed by atoms with van der Waals surface area (Å²) < 4.78 is 0. The summed E-state index contributed by atoms with van der Waals surface area (Å²) in [5.41, 5.74) is 3.42. The van der Waals surface area contributed by atoms with Crippen LogP contribution in [0.5, 0.6) is 0 Å². The van der Waals surface area contributed by atoms with Crippen LogP contribution in [0.15, 0.2) is 60.1 Å². The minimum atomic E-state index is -0.228. The summed E-state index contributed by atoms with van der Waals surface area (Å²) in [6, 6.07) is 15.1. The highest BCUT2D eigenvalue weighted by Crippen LogP contribution is 2.35. The molecule has 160 valence electrons. The maximum absolute atomic E-state index is 13.1. The van der Waals surface area contributed by atoms with E-state index in [-0.39, 0.29) is 17.7 Å². The predicted molar refractivity (Wildman–Crippen MR) is 126 cm³/mol. The summed E-state index contributed by atoms with van der Waals surface area (Å²) in [4.78, 5) is 29.7. The second-order valence-electron chi connectivity index (χ2n) is 8.21. The molecule has 2 amide bonds. The van der Waals surface area contributed by atoms with Crippen molar-refractivity contribution in [2.45, 2.75) is 44.9 Å². The normalized spacial score (nSPS) is 14.9. The molecule has 1 aromatic heterocycles. The lowest BCUT2D eigenvalue weighted by Gasteiger charge is -2.20. The fourth-order valence-electron chi connectivity index (χ4n) is 4.16. The van der Waals surface area contributed by atoms with Gasteiger partial charge in [-0.1, -0.05) is 55.5 Å². The summed E-state index contributed by atoms with van der Waals surface area (Å²) in [6.07, 6.45) is 7.40. The second-order valence-corrected chi connectivity index (χ2v) is 9.10. The van der Waals surface area contributed by atoms with Gasteiger partial charge in [-0.3, -0.25) is 9.59 Å². The van der Waals surface area contributed by atoms with Crippen LogP contribution in [-0.4, -0.2) is 16.8 Å². The number of aryl methyl sites for hydroxylation is 1. The van der Waals surface area contributed by atoms with Crippen LogP contribution in [0.1, 0.15) is 59.5 Å². The zero-order valence-corrected chi connectivity index (χ0v) is 18.5. The van der Waals surface area contributed by atoms with Gasteiger partial charge in [0.25, 0.3) is 5.91 Å². The Morgan fingerprint density at radius 2 is 1.74 bits per heavy atom. The lowest BCUT2D eigenvalue weighted by molar-refractivity contribution is -0.118. The minimum Gasteiger partial charge on any atom is -0.322 e. The fraction of sp³-hybridized carbons (Fsp3) is 0.320. The summed E-state index contributed by atoms with van der Waals surface area (Å²) in [5.74, 6) is 0.192. The van der Waals surface area contributed by atoms with Crippen molar-refractivity contribution in [2.24, 2.45) is 5.92 Å². The molecule has 5 nitrogen and oxygen atoms in total. The molecule has 6 heteroatoms. The van der Waals surface area contributed by atoms with Crippen molar-refractivity contribution in [3.05, 3.63) is 76.8 Å². The number of hydrogen-bond acceptors (Lipinski definition) is 4. The van der Waals surface area contributed by atoms with Gasteiger partial charge in [-0.2, -0.15) is 0 Å². The third-order valence-corrected chi connectivity index (χ3v) is 6.60. The summed E-state index contributed by atoms with van der Waals surface area (Å²) >= 11 is 1.42. The van der Waals surface area contributed by atoms with E-state index in [9.17, 15) is 9.59 Å². The quantitative estimate of drug-likeness (QED) is 0.479. The zero-order chi connectivity index (χ0) is 21.6. The molecule has 3 aromatic rings. The standard InChI is InChI=1S/C25H27N3O2S/c1-17-6-8-20(9-7-17)23(29)27-21-12-10-19(11-13-21)22(16-18-4-2-3-5-18)24(30)28-25-26-14-15-31-25/h6-15,18,22H,2-5,16H2,1H3,(H,27,29)(H,26,28,30). The van der Waals surface area contributed by atoms with Gasteiger partial charge in [-0.15, -0.1) is 11.3 Å². The molecule has 31 heavy (non-hydrogen) atoms. The SMILES string of the molecule is Cc1ccc(C(=O)Nc2ccc(C(CC3CCCC3)C(=O)Nc3nccs3)cc2)cc1. The number of hydrogen-bond donors (Lipinski definition) is 2. The zero-order valence-electron chi connectivity index (χ0n) is 17.6. The van der Waals surface area contributed by atoms with Gasteiger partial charge in [0.2, 0.25) is 5.91 Å². The molecule has 1 heterocycles. The molecular formula is C25H27N3O2S. The van der Waals surface area contributed by atoms with Crippen molar-refractivity contribution in [2.75, 3.05) is 10.6 Å². The van der Waals surface area contributed by atoms with Crippen LogP contribution >= 0.6 is 11.3 Å². The molecule has 1 aliphatic rings. The molecule has 0 radical (unpaired) electrons.